The van der Waals surface area contributed by atoms with Gasteiger partial charge >= 0.3 is 0 Å². The maximum absolute atomic E-state index is 12.2. The summed E-state index contributed by atoms with van der Waals surface area (Å²) in [6.45, 7) is 10.2. The Hall–Kier alpha value is -0.220. The molecule has 4 heteroatoms. The number of nitrogens with zero attached hydrogens (tertiary/aromatic N) is 1. The smallest absolute Gasteiger partial charge is 0.239 e. The van der Waals surface area contributed by atoms with Gasteiger partial charge in [0, 0.05) is 23.6 Å². The van der Waals surface area contributed by atoms with Crippen molar-refractivity contribution in [1.29, 1.82) is 0 Å². The summed E-state index contributed by atoms with van der Waals surface area (Å²) in [5, 5.41) is 0. The molecule has 16 heavy (non-hydrogen) atoms. The average molecular weight is 244 g/mol. The first-order chi connectivity index (χ1) is 7.37. The van der Waals surface area contributed by atoms with E-state index in [2.05, 4.69) is 20.8 Å². The summed E-state index contributed by atoms with van der Waals surface area (Å²) >= 11 is 1.93. The van der Waals surface area contributed by atoms with Crippen LogP contribution in [0.2, 0.25) is 0 Å². The van der Waals surface area contributed by atoms with Crippen molar-refractivity contribution in [2.75, 3.05) is 18.8 Å². The maximum atomic E-state index is 12.2. The molecule has 2 atom stereocenters. The third-order valence-corrected chi connectivity index (χ3v) is 4.58. The van der Waals surface area contributed by atoms with E-state index in [4.69, 9.17) is 5.73 Å². The quantitative estimate of drug-likeness (QED) is 0.822. The molecule has 0 bridgehead atoms. The molecule has 2 N–H and O–H groups in total. The summed E-state index contributed by atoms with van der Waals surface area (Å²) in [6.07, 6.45) is 0.957. The molecule has 1 heterocycles. The maximum Gasteiger partial charge on any atom is 0.239 e. The molecule has 1 unspecified atom stereocenters. The molecule has 94 valence electrons. The molecule has 1 saturated heterocycles. The number of thioether (sulfide) groups is 1. The molecule has 0 aromatic rings. The topological polar surface area (TPSA) is 46.3 Å². The molecule has 1 aliphatic heterocycles. The molecule has 0 aliphatic carbocycles. The van der Waals surface area contributed by atoms with E-state index in [0.717, 1.165) is 25.3 Å². The van der Waals surface area contributed by atoms with Crippen LogP contribution in [0.5, 0.6) is 0 Å². The summed E-state index contributed by atoms with van der Waals surface area (Å²) < 4.78 is 0.170. The van der Waals surface area contributed by atoms with Gasteiger partial charge in [-0.3, -0.25) is 4.79 Å². The van der Waals surface area contributed by atoms with E-state index in [9.17, 15) is 4.79 Å². The lowest BCUT2D eigenvalue weighted by atomic mass is 9.98. The lowest BCUT2D eigenvalue weighted by Crippen LogP contribution is -2.53. The van der Waals surface area contributed by atoms with Gasteiger partial charge in [-0.05, 0) is 19.8 Å². The molecule has 0 aromatic carbocycles. The van der Waals surface area contributed by atoms with Crippen LogP contribution in [0.4, 0.5) is 0 Å². The Morgan fingerprint density at radius 2 is 2.19 bits per heavy atom. The zero-order chi connectivity index (χ0) is 12.3. The van der Waals surface area contributed by atoms with E-state index in [-0.39, 0.29) is 22.6 Å². The van der Waals surface area contributed by atoms with Gasteiger partial charge in [0.15, 0.2) is 0 Å². The summed E-state index contributed by atoms with van der Waals surface area (Å²) in [5.74, 6) is 1.42. The van der Waals surface area contributed by atoms with Crippen LogP contribution in [0, 0.1) is 5.92 Å². The molecule has 0 radical (unpaired) electrons. The Kier molecular flexibility index (Phi) is 4.68. The van der Waals surface area contributed by atoms with Crippen LogP contribution in [0.25, 0.3) is 0 Å². The fourth-order valence-corrected chi connectivity index (χ4v) is 3.02. The Labute approximate surface area is 103 Å². The summed E-state index contributed by atoms with van der Waals surface area (Å²) in [7, 11) is 0. The Morgan fingerprint density at radius 3 is 2.69 bits per heavy atom. The fourth-order valence-electron chi connectivity index (χ4n) is 1.91. The number of rotatable bonds is 3. The second-order valence-corrected chi connectivity index (χ2v) is 7.08. The minimum absolute atomic E-state index is 0.128. The standard InChI is InChI=1S/C12H24N2OS/c1-5-9(2)10(13)11(15)14-6-7-16-12(3,4)8-14/h9-10H,5-8,13H2,1-4H3/t9?,10-/m0/s1. The SMILES string of the molecule is CCC(C)[C@H](N)C(=O)N1CCSC(C)(C)C1. The Bertz CT molecular complexity index is 255. The van der Waals surface area contributed by atoms with Crippen molar-refractivity contribution in [1.82, 2.24) is 4.90 Å². The minimum Gasteiger partial charge on any atom is -0.339 e. The van der Waals surface area contributed by atoms with Crippen LogP contribution in [-0.4, -0.2) is 40.4 Å². The monoisotopic (exact) mass is 244 g/mol. The molecule has 0 saturated carbocycles. The Balaban J connectivity index is 2.60. The van der Waals surface area contributed by atoms with Gasteiger partial charge in [-0.1, -0.05) is 20.3 Å². The fraction of sp³-hybridized carbons (Fsp3) is 0.917. The minimum atomic E-state index is -0.330. The van der Waals surface area contributed by atoms with Crippen LogP contribution in [0.15, 0.2) is 0 Å². The predicted octanol–water partition coefficient (Wildman–Crippen LogP) is 1.71. The number of carbonyl (C=O) groups excluding carboxylic acids is 1. The van der Waals surface area contributed by atoms with Crippen LogP contribution in [0.1, 0.15) is 34.1 Å². The molecule has 3 nitrogen and oxygen atoms in total. The first-order valence-corrected chi connectivity index (χ1v) is 7.04. The summed E-state index contributed by atoms with van der Waals surface area (Å²) in [5.41, 5.74) is 5.99. The van der Waals surface area contributed by atoms with Gasteiger partial charge in [-0.15, -0.1) is 0 Å². The highest BCUT2D eigenvalue weighted by molar-refractivity contribution is 8.00. The van der Waals surface area contributed by atoms with E-state index in [1.54, 1.807) is 0 Å². The molecule has 1 aliphatic rings. The molecule has 0 aromatic heterocycles. The number of nitrogens with two attached hydrogens (primary N) is 1. The van der Waals surface area contributed by atoms with E-state index >= 15 is 0 Å². The average Bonchev–Trinajstić information content (AvgIpc) is 2.24. The number of hydrogen-bond acceptors (Lipinski definition) is 3. The van der Waals surface area contributed by atoms with Gasteiger partial charge in [0.2, 0.25) is 5.91 Å². The van der Waals surface area contributed by atoms with Crippen LogP contribution >= 0.6 is 11.8 Å². The zero-order valence-electron chi connectivity index (χ0n) is 10.8. The van der Waals surface area contributed by atoms with E-state index in [0.29, 0.717) is 0 Å². The largest absolute Gasteiger partial charge is 0.339 e. The van der Waals surface area contributed by atoms with Gasteiger partial charge in [0.1, 0.15) is 0 Å². The molecule has 1 rings (SSSR count). The normalized spacial score (nSPS) is 23.9. The predicted molar refractivity (Wildman–Crippen MR) is 70.5 cm³/mol. The van der Waals surface area contributed by atoms with Gasteiger partial charge < -0.3 is 10.6 Å². The number of hydrogen-bond donors (Lipinski definition) is 1. The molecule has 0 spiro atoms. The molecular formula is C12H24N2OS. The first kappa shape index (κ1) is 13.8. The van der Waals surface area contributed by atoms with Gasteiger partial charge in [-0.25, -0.2) is 0 Å². The second kappa shape index (κ2) is 5.41. The van der Waals surface area contributed by atoms with E-state index in [1.165, 1.54) is 0 Å². The van der Waals surface area contributed by atoms with Crippen molar-refractivity contribution in [3.05, 3.63) is 0 Å². The van der Waals surface area contributed by atoms with Gasteiger partial charge in [-0.2, -0.15) is 11.8 Å². The number of carbonyl (C=O) groups is 1. The van der Waals surface area contributed by atoms with Crippen molar-refractivity contribution < 1.29 is 4.79 Å². The molecule has 1 amide bonds. The van der Waals surface area contributed by atoms with Crippen molar-refractivity contribution in [3.63, 3.8) is 0 Å². The highest BCUT2D eigenvalue weighted by Crippen LogP contribution is 2.29. The summed E-state index contributed by atoms with van der Waals surface area (Å²) in [4.78, 5) is 14.1. The second-order valence-electron chi connectivity index (χ2n) is 5.28. The van der Waals surface area contributed by atoms with Crippen molar-refractivity contribution >= 4 is 17.7 Å². The first-order valence-electron chi connectivity index (χ1n) is 6.05. The third-order valence-electron chi connectivity index (χ3n) is 3.28. The van der Waals surface area contributed by atoms with Crippen molar-refractivity contribution in [3.8, 4) is 0 Å². The number of amides is 1. The lowest BCUT2D eigenvalue weighted by Gasteiger charge is -2.39. The molecular weight excluding hydrogens is 220 g/mol. The van der Waals surface area contributed by atoms with Crippen molar-refractivity contribution in [2.45, 2.75) is 44.9 Å². The van der Waals surface area contributed by atoms with E-state index < -0.39 is 0 Å². The lowest BCUT2D eigenvalue weighted by molar-refractivity contribution is -0.134. The van der Waals surface area contributed by atoms with Crippen LogP contribution in [-0.2, 0) is 4.79 Å². The Morgan fingerprint density at radius 1 is 1.56 bits per heavy atom. The third kappa shape index (κ3) is 3.39. The highest BCUT2D eigenvalue weighted by atomic mass is 32.2. The van der Waals surface area contributed by atoms with Crippen LogP contribution < -0.4 is 5.73 Å². The highest BCUT2D eigenvalue weighted by Gasteiger charge is 2.32. The van der Waals surface area contributed by atoms with Gasteiger partial charge in [0.25, 0.3) is 0 Å². The summed E-state index contributed by atoms with van der Waals surface area (Å²) in [6, 6.07) is -0.330. The molecule has 1 fully saturated rings. The van der Waals surface area contributed by atoms with Gasteiger partial charge in [0.05, 0.1) is 6.04 Å². The van der Waals surface area contributed by atoms with Crippen molar-refractivity contribution in [2.24, 2.45) is 11.7 Å². The van der Waals surface area contributed by atoms with E-state index in [1.807, 2.05) is 23.6 Å². The van der Waals surface area contributed by atoms with Crippen LogP contribution in [0.3, 0.4) is 0 Å². The zero-order valence-corrected chi connectivity index (χ0v) is 11.6.